The second kappa shape index (κ2) is 4.94. The Hall–Kier alpha value is -0.120. The third-order valence-corrected chi connectivity index (χ3v) is 2.92. The van der Waals surface area contributed by atoms with Crippen LogP contribution in [0.2, 0.25) is 0 Å². The third kappa shape index (κ3) is 3.63. The number of aliphatic hydroxyl groups is 1. The average molecular weight is 186 g/mol. The SMILES string of the molecule is CC(O)CCN1CCC(N)C(C)C1. The number of nitrogens with zero attached hydrogens (tertiary/aromatic N) is 1. The van der Waals surface area contributed by atoms with Gasteiger partial charge in [-0.15, -0.1) is 0 Å². The molecule has 1 saturated heterocycles. The largest absolute Gasteiger partial charge is 0.393 e. The molecular formula is C10H22N2O. The zero-order chi connectivity index (χ0) is 9.84. The topological polar surface area (TPSA) is 49.5 Å². The first-order valence-electron chi connectivity index (χ1n) is 5.25. The van der Waals surface area contributed by atoms with Gasteiger partial charge in [0.1, 0.15) is 0 Å². The minimum absolute atomic E-state index is 0.175. The van der Waals surface area contributed by atoms with Crippen LogP contribution in [0.5, 0.6) is 0 Å². The third-order valence-electron chi connectivity index (χ3n) is 2.92. The second-order valence-corrected chi connectivity index (χ2v) is 4.37. The van der Waals surface area contributed by atoms with Gasteiger partial charge in [0.25, 0.3) is 0 Å². The lowest BCUT2D eigenvalue weighted by molar-refractivity contribution is 0.123. The van der Waals surface area contributed by atoms with E-state index in [0.717, 1.165) is 32.5 Å². The van der Waals surface area contributed by atoms with Gasteiger partial charge in [0.05, 0.1) is 6.10 Å². The van der Waals surface area contributed by atoms with Crippen molar-refractivity contribution < 1.29 is 5.11 Å². The molecule has 3 N–H and O–H groups in total. The Morgan fingerprint density at radius 2 is 2.31 bits per heavy atom. The summed E-state index contributed by atoms with van der Waals surface area (Å²) in [7, 11) is 0. The van der Waals surface area contributed by atoms with Crippen LogP contribution >= 0.6 is 0 Å². The van der Waals surface area contributed by atoms with Crippen molar-refractivity contribution in [2.75, 3.05) is 19.6 Å². The van der Waals surface area contributed by atoms with Gasteiger partial charge in [-0.2, -0.15) is 0 Å². The molecule has 0 saturated carbocycles. The fourth-order valence-electron chi connectivity index (χ4n) is 1.82. The molecule has 1 aliphatic heterocycles. The molecule has 78 valence electrons. The van der Waals surface area contributed by atoms with E-state index in [2.05, 4.69) is 11.8 Å². The van der Waals surface area contributed by atoms with Crippen LogP contribution in [0.15, 0.2) is 0 Å². The second-order valence-electron chi connectivity index (χ2n) is 4.37. The molecule has 1 heterocycles. The van der Waals surface area contributed by atoms with Crippen molar-refractivity contribution in [3.63, 3.8) is 0 Å². The summed E-state index contributed by atoms with van der Waals surface area (Å²) in [6.45, 7) is 7.25. The van der Waals surface area contributed by atoms with E-state index in [4.69, 9.17) is 10.8 Å². The summed E-state index contributed by atoms with van der Waals surface area (Å²) in [5, 5.41) is 9.15. The first kappa shape index (κ1) is 11.0. The van der Waals surface area contributed by atoms with E-state index in [1.54, 1.807) is 0 Å². The van der Waals surface area contributed by atoms with E-state index < -0.39 is 0 Å². The van der Waals surface area contributed by atoms with E-state index in [1.165, 1.54) is 0 Å². The van der Waals surface area contributed by atoms with Crippen LogP contribution in [-0.4, -0.2) is 41.8 Å². The standard InChI is InChI=1S/C10H22N2O/c1-8-7-12(5-3-9(2)13)6-4-10(8)11/h8-10,13H,3-7,11H2,1-2H3. The van der Waals surface area contributed by atoms with Crippen LogP contribution in [-0.2, 0) is 0 Å². The van der Waals surface area contributed by atoms with Crippen molar-refractivity contribution in [3.05, 3.63) is 0 Å². The number of hydrogen-bond donors (Lipinski definition) is 2. The smallest absolute Gasteiger partial charge is 0.0524 e. The maximum absolute atomic E-state index is 9.15. The number of likely N-dealkylation sites (tertiary alicyclic amines) is 1. The summed E-state index contributed by atoms with van der Waals surface area (Å²) in [4.78, 5) is 2.40. The Morgan fingerprint density at radius 3 is 2.85 bits per heavy atom. The molecule has 0 aromatic heterocycles. The van der Waals surface area contributed by atoms with Gasteiger partial charge in [-0.1, -0.05) is 6.92 Å². The molecule has 0 aliphatic carbocycles. The van der Waals surface area contributed by atoms with Crippen LogP contribution < -0.4 is 5.73 Å². The summed E-state index contributed by atoms with van der Waals surface area (Å²) in [6, 6.07) is 0.378. The van der Waals surface area contributed by atoms with E-state index in [0.29, 0.717) is 12.0 Å². The van der Waals surface area contributed by atoms with Crippen LogP contribution in [0.1, 0.15) is 26.7 Å². The molecule has 1 rings (SSSR count). The molecule has 0 amide bonds. The molecular weight excluding hydrogens is 164 g/mol. The molecule has 0 aromatic carbocycles. The maximum Gasteiger partial charge on any atom is 0.0524 e. The Morgan fingerprint density at radius 1 is 1.62 bits per heavy atom. The minimum atomic E-state index is -0.175. The number of aliphatic hydroxyl groups excluding tert-OH is 1. The predicted octanol–water partition coefficient (Wildman–Crippen LogP) is 0.426. The molecule has 0 radical (unpaired) electrons. The average Bonchev–Trinajstić information content (AvgIpc) is 2.07. The molecule has 3 nitrogen and oxygen atoms in total. The minimum Gasteiger partial charge on any atom is -0.393 e. The number of hydrogen-bond acceptors (Lipinski definition) is 3. The highest BCUT2D eigenvalue weighted by atomic mass is 16.3. The zero-order valence-corrected chi connectivity index (χ0v) is 8.74. The highest BCUT2D eigenvalue weighted by molar-refractivity contribution is 4.80. The monoisotopic (exact) mass is 186 g/mol. The summed E-state index contributed by atoms with van der Waals surface area (Å²) >= 11 is 0. The fraction of sp³-hybridized carbons (Fsp3) is 1.00. The molecule has 0 aromatic rings. The lowest BCUT2D eigenvalue weighted by atomic mass is 9.95. The Labute approximate surface area is 80.9 Å². The highest BCUT2D eigenvalue weighted by Crippen LogP contribution is 2.15. The fourth-order valence-corrected chi connectivity index (χ4v) is 1.82. The Kier molecular flexibility index (Phi) is 4.16. The van der Waals surface area contributed by atoms with Gasteiger partial charge < -0.3 is 15.7 Å². The first-order valence-corrected chi connectivity index (χ1v) is 5.25. The lowest BCUT2D eigenvalue weighted by Crippen LogP contribution is -2.46. The Balaban J connectivity index is 2.21. The molecule has 3 unspecified atom stereocenters. The van der Waals surface area contributed by atoms with Crippen molar-refractivity contribution >= 4 is 0 Å². The maximum atomic E-state index is 9.15. The predicted molar refractivity (Wildman–Crippen MR) is 54.5 cm³/mol. The van der Waals surface area contributed by atoms with Crippen LogP contribution in [0.25, 0.3) is 0 Å². The zero-order valence-electron chi connectivity index (χ0n) is 8.74. The lowest BCUT2D eigenvalue weighted by Gasteiger charge is -2.35. The van der Waals surface area contributed by atoms with Gasteiger partial charge in [-0.25, -0.2) is 0 Å². The van der Waals surface area contributed by atoms with Gasteiger partial charge in [0.2, 0.25) is 0 Å². The number of nitrogens with two attached hydrogens (primary N) is 1. The summed E-state index contributed by atoms with van der Waals surface area (Å²) < 4.78 is 0. The first-order chi connectivity index (χ1) is 6.09. The van der Waals surface area contributed by atoms with Crippen LogP contribution in [0, 0.1) is 5.92 Å². The molecule has 1 aliphatic rings. The highest BCUT2D eigenvalue weighted by Gasteiger charge is 2.22. The van der Waals surface area contributed by atoms with Crippen molar-refractivity contribution in [3.8, 4) is 0 Å². The molecule has 3 atom stereocenters. The van der Waals surface area contributed by atoms with Gasteiger partial charge in [-0.3, -0.25) is 0 Å². The van der Waals surface area contributed by atoms with E-state index in [9.17, 15) is 0 Å². The molecule has 0 bridgehead atoms. The normalized spacial score (nSPS) is 33.2. The molecule has 1 fully saturated rings. The molecule has 3 heteroatoms. The Bertz CT molecular complexity index is 150. The molecule has 0 spiro atoms. The van der Waals surface area contributed by atoms with E-state index in [-0.39, 0.29) is 6.10 Å². The number of piperidine rings is 1. The van der Waals surface area contributed by atoms with E-state index in [1.807, 2.05) is 6.92 Å². The van der Waals surface area contributed by atoms with Gasteiger partial charge in [-0.05, 0) is 32.2 Å². The summed E-state index contributed by atoms with van der Waals surface area (Å²) in [5.74, 6) is 0.600. The van der Waals surface area contributed by atoms with Crippen molar-refractivity contribution in [1.82, 2.24) is 4.90 Å². The van der Waals surface area contributed by atoms with Gasteiger partial charge in [0, 0.05) is 19.1 Å². The summed E-state index contributed by atoms with van der Waals surface area (Å²) in [6.07, 6.45) is 1.80. The van der Waals surface area contributed by atoms with Gasteiger partial charge >= 0.3 is 0 Å². The van der Waals surface area contributed by atoms with Crippen molar-refractivity contribution in [2.45, 2.75) is 38.8 Å². The van der Waals surface area contributed by atoms with Crippen LogP contribution in [0.4, 0.5) is 0 Å². The summed E-state index contributed by atoms with van der Waals surface area (Å²) in [5.41, 5.74) is 5.92. The quantitative estimate of drug-likeness (QED) is 0.672. The van der Waals surface area contributed by atoms with E-state index >= 15 is 0 Å². The van der Waals surface area contributed by atoms with Gasteiger partial charge in [0.15, 0.2) is 0 Å². The van der Waals surface area contributed by atoms with Crippen LogP contribution in [0.3, 0.4) is 0 Å². The van der Waals surface area contributed by atoms with Crippen molar-refractivity contribution in [2.24, 2.45) is 11.7 Å². The molecule has 13 heavy (non-hydrogen) atoms. The number of rotatable bonds is 3. The van der Waals surface area contributed by atoms with Crippen molar-refractivity contribution in [1.29, 1.82) is 0 Å².